The van der Waals surface area contributed by atoms with E-state index in [1.807, 2.05) is 6.92 Å². The molecule has 2 fully saturated rings. The number of esters is 1. The maximum absolute atomic E-state index is 15.0. The van der Waals surface area contributed by atoms with Crippen molar-refractivity contribution < 1.29 is 27.4 Å². The fraction of sp³-hybridized carbons (Fsp3) is 0.594. The van der Waals surface area contributed by atoms with E-state index in [-0.39, 0.29) is 23.8 Å². The van der Waals surface area contributed by atoms with Crippen LogP contribution >= 0.6 is 0 Å². The molecule has 206 valence electrons. The molecule has 2 aromatic carbocycles. The molecule has 6 heteroatoms. The van der Waals surface area contributed by atoms with Crippen molar-refractivity contribution in [3.05, 3.63) is 52.3 Å². The Morgan fingerprint density at radius 1 is 0.842 bits per heavy atom. The number of hydrogen-bond acceptors (Lipinski definition) is 3. The van der Waals surface area contributed by atoms with E-state index in [0.717, 1.165) is 43.9 Å². The fourth-order valence-corrected chi connectivity index (χ4v) is 6.98. The lowest BCUT2D eigenvalue weighted by molar-refractivity contribution is -0.140. The number of carbonyl (C=O) groups is 1. The van der Waals surface area contributed by atoms with Crippen LogP contribution < -0.4 is 9.47 Å². The van der Waals surface area contributed by atoms with Gasteiger partial charge in [-0.25, -0.2) is 4.39 Å². The van der Waals surface area contributed by atoms with Gasteiger partial charge in [-0.1, -0.05) is 58.1 Å². The Labute approximate surface area is 224 Å². The highest BCUT2D eigenvalue weighted by atomic mass is 19.2. The Kier molecular flexibility index (Phi) is 8.35. The number of fused-ring (bicyclic) bond motifs is 2. The Balaban J connectivity index is 1.22. The minimum Gasteiger partial charge on any atom is -0.450 e. The molecule has 2 aliphatic carbocycles. The maximum atomic E-state index is 15.0. The van der Waals surface area contributed by atoms with Crippen molar-refractivity contribution in [1.29, 1.82) is 0 Å². The number of hydrogen-bond donors (Lipinski definition) is 0. The summed E-state index contributed by atoms with van der Waals surface area (Å²) in [6.45, 7) is 4.20. The van der Waals surface area contributed by atoms with E-state index in [9.17, 15) is 13.6 Å². The molecule has 2 aromatic rings. The molecule has 0 saturated heterocycles. The van der Waals surface area contributed by atoms with E-state index in [0.29, 0.717) is 29.0 Å². The normalized spacial score (nSPS) is 24.8. The molecule has 0 amide bonds. The molecule has 38 heavy (non-hydrogen) atoms. The van der Waals surface area contributed by atoms with Crippen LogP contribution in [0.5, 0.6) is 17.2 Å². The molecule has 1 heterocycles. The predicted octanol–water partition coefficient (Wildman–Crippen LogP) is 9.07. The van der Waals surface area contributed by atoms with Gasteiger partial charge in [-0.2, -0.15) is 8.78 Å². The van der Waals surface area contributed by atoms with Crippen molar-refractivity contribution in [2.75, 3.05) is 0 Å². The van der Waals surface area contributed by atoms with Crippen LogP contribution in [0, 0.1) is 41.1 Å². The zero-order valence-electron chi connectivity index (χ0n) is 22.6. The van der Waals surface area contributed by atoms with Crippen LogP contribution in [0.15, 0.2) is 18.2 Å². The molecule has 0 bridgehead atoms. The average Bonchev–Trinajstić information content (AvgIpc) is 2.93. The molecule has 0 spiro atoms. The Hall–Kier alpha value is -2.50. The van der Waals surface area contributed by atoms with Gasteiger partial charge in [-0.3, -0.25) is 4.79 Å². The molecule has 3 nitrogen and oxygen atoms in total. The van der Waals surface area contributed by atoms with Crippen LogP contribution in [-0.4, -0.2) is 5.97 Å². The largest absolute Gasteiger partial charge is 0.450 e. The molecule has 0 aromatic heterocycles. The SMILES string of the molecule is CCCc1ccc2c(c1F)Oc1c(cc(OC(=O)C3CCC(C4CCC(CCC)CC4)CC3)c(F)c1F)C2. The van der Waals surface area contributed by atoms with Crippen molar-refractivity contribution in [2.45, 2.75) is 97.3 Å². The molecule has 5 rings (SSSR count). The Bertz CT molecular complexity index is 1160. The van der Waals surface area contributed by atoms with Crippen molar-refractivity contribution >= 4 is 5.97 Å². The number of aryl methyl sites for hydroxylation is 1. The van der Waals surface area contributed by atoms with E-state index in [1.165, 1.54) is 44.6 Å². The van der Waals surface area contributed by atoms with Gasteiger partial charge in [0.05, 0.1) is 5.92 Å². The van der Waals surface area contributed by atoms with E-state index in [2.05, 4.69) is 6.92 Å². The van der Waals surface area contributed by atoms with Crippen LogP contribution in [0.4, 0.5) is 13.2 Å². The summed E-state index contributed by atoms with van der Waals surface area (Å²) in [5.41, 5.74) is 1.38. The number of halogens is 3. The summed E-state index contributed by atoms with van der Waals surface area (Å²) >= 11 is 0. The van der Waals surface area contributed by atoms with Gasteiger partial charge < -0.3 is 9.47 Å². The smallest absolute Gasteiger partial charge is 0.314 e. The first-order valence-corrected chi connectivity index (χ1v) is 14.6. The zero-order valence-corrected chi connectivity index (χ0v) is 22.6. The molecule has 0 unspecified atom stereocenters. The zero-order chi connectivity index (χ0) is 26.8. The quantitative estimate of drug-likeness (QED) is 0.227. The minimum absolute atomic E-state index is 0.0536. The Morgan fingerprint density at radius 3 is 2.16 bits per heavy atom. The summed E-state index contributed by atoms with van der Waals surface area (Å²) in [5.74, 6) is -2.39. The van der Waals surface area contributed by atoms with E-state index >= 15 is 4.39 Å². The molecule has 0 N–H and O–H groups in total. The summed E-state index contributed by atoms with van der Waals surface area (Å²) < 4.78 is 55.9. The third kappa shape index (κ3) is 5.46. The second-order valence-corrected chi connectivity index (χ2v) is 11.6. The standard InChI is InChI=1S/C32H39F3O3/c1-3-5-19-7-9-20(10-8-19)21-11-14-23(15-12-21)32(36)37-26-18-25-17-24-16-13-22(6-4-2)27(33)30(24)38-31(25)29(35)28(26)34/h13,16,18-21,23H,3-12,14-15,17H2,1-2H3. The van der Waals surface area contributed by atoms with Crippen LogP contribution in [0.3, 0.4) is 0 Å². The van der Waals surface area contributed by atoms with E-state index in [1.54, 1.807) is 12.1 Å². The second-order valence-electron chi connectivity index (χ2n) is 11.6. The van der Waals surface area contributed by atoms with Crippen molar-refractivity contribution in [3.8, 4) is 17.2 Å². The van der Waals surface area contributed by atoms with Crippen LogP contribution in [0.25, 0.3) is 0 Å². The van der Waals surface area contributed by atoms with Crippen molar-refractivity contribution in [2.24, 2.45) is 23.7 Å². The number of rotatable bonds is 7. The molecule has 0 atom stereocenters. The lowest BCUT2D eigenvalue weighted by Crippen LogP contribution is -2.30. The number of benzene rings is 2. The summed E-state index contributed by atoms with van der Waals surface area (Å²) in [4.78, 5) is 12.9. The summed E-state index contributed by atoms with van der Waals surface area (Å²) in [6, 6.07) is 4.79. The van der Waals surface area contributed by atoms with Crippen LogP contribution in [0.1, 0.15) is 101 Å². The van der Waals surface area contributed by atoms with Crippen LogP contribution in [0.2, 0.25) is 0 Å². The lowest BCUT2D eigenvalue weighted by atomic mass is 9.69. The van der Waals surface area contributed by atoms with Gasteiger partial charge in [0.2, 0.25) is 11.6 Å². The molecule has 0 radical (unpaired) electrons. The highest BCUT2D eigenvalue weighted by molar-refractivity contribution is 5.75. The first-order valence-electron chi connectivity index (χ1n) is 14.6. The third-order valence-electron chi connectivity index (χ3n) is 9.14. The molecular weight excluding hydrogens is 489 g/mol. The molecule has 2 saturated carbocycles. The minimum atomic E-state index is -1.27. The molecule has 1 aliphatic heterocycles. The third-order valence-corrected chi connectivity index (χ3v) is 9.14. The van der Waals surface area contributed by atoms with Crippen molar-refractivity contribution in [3.63, 3.8) is 0 Å². The highest BCUT2D eigenvalue weighted by Crippen LogP contribution is 2.45. The van der Waals surface area contributed by atoms with Gasteiger partial charge in [0.15, 0.2) is 23.1 Å². The van der Waals surface area contributed by atoms with Gasteiger partial charge in [-0.05, 0) is 74.3 Å². The second kappa shape index (κ2) is 11.7. The maximum Gasteiger partial charge on any atom is 0.314 e. The van der Waals surface area contributed by atoms with Gasteiger partial charge in [0, 0.05) is 17.5 Å². The first-order chi connectivity index (χ1) is 18.4. The van der Waals surface area contributed by atoms with Crippen LogP contribution in [-0.2, 0) is 17.6 Å². The van der Waals surface area contributed by atoms with Gasteiger partial charge in [0.25, 0.3) is 0 Å². The number of carbonyl (C=O) groups excluding carboxylic acids is 1. The monoisotopic (exact) mass is 528 g/mol. The highest BCUT2D eigenvalue weighted by Gasteiger charge is 2.35. The predicted molar refractivity (Wildman–Crippen MR) is 141 cm³/mol. The van der Waals surface area contributed by atoms with E-state index in [4.69, 9.17) is 9.47 Å². The van der Waals surface area contributed by atoms with Gasteiger partial charge >= 0.3 is 5.97 Å². The summed E-state index contributed by atoms with van der Waals surface area (Å²) in [5, 5.41) is 0. The van der Waals surface area contributed by atoms with Gasteiger partial charge in [-0.15, -0.1) is 0 Å². The lowest BCUT2D eigenvalue weighted by Gasteiger charge is -2.37. The molecule has 3 aliphatic rings. The fourth-order valence-electron chi connectivity index (χ4n) is 6.98. The summed E-state index contributed by atoms with van der Waals surface area (Å²) in [7, 11) is 0. The molecular formula is C32H39F3O3. The van der Waals surface area contributed by atoms with Gasteiger partial charge in [0.1, 0.15) is 0 Å². The van der Waals surface area contributed by atoms with Crippen molar-refractivity contribution in [1.82, 2.24) is 0 Å². The first kappa shape index (κ1) is 27.1. The Morgan fingerprint density at radius 2 is 1.50 bits per heavy atom. The topological polar surface area (TPSA) is 35.5 Å². The average molecular weight is 529 g/mol. The summed E-state index contributed by atoms with van der Waals surface area (Å²) in [6.07, 6.45) is 12.7. The van der Waals surface area contributed by atoms with E-state index < -0.39 is 29.2 Å². The number of ether oxygens (including phenoxy) is 2.